The van der Waals surface area contributed by atoms with Crippen molar-refractivity contribution in [1.29, 1.82) is 0 Å². The largest absolute Gasteiger partial charge is 0.348 e. The topological polar surface area (TPSA) is 20.3 Å². The summed E-state index contributed by atoms with van der Waals surface area (Å²) in [5, 5.41) is 0.0381. The Kier molecular flexibility index (Phi) is 5.56. The second-order valence-electron chi connectivity index (χ2n) is 4.52. The van der Waals surface area contributed by atoms with E-state index in [0.717, 1.165) is 5.75 Å². The lowest BCUT2D eigenvalue weighted by Crippen LogP contribution is -2.30. The minimum atomic E-state index is 0.0381. The van der Waals surface area contributed by atoms with Gasteiger partial charge in [0.2, 0.25) is 5.91 Å². The average Bonchev–Trinajstić information content (AvgIpc) is 2.35. The highest BCUT2D eigenvalue weighted by atomic mass is 32.2. The predicted octanol–water partition coefficient (Wildman–Crippen LogP) is 3.00. The summed E-state index contributed by atoms with van der Waals surface area (Å²) >= 11 is 1.72. The fourth-order valence-corrected chi connectivity index (χ4v) is 2.72. The zero-order chi connectivity index (χ0) is 12.8. The molecule has 0 spiro atoms. The molecule has 3 heteroatoms. The number of hydrogen-bond acceptors (Lipinski definition) is 2. The van der Waals surface area contributed by atoms with Crippen molar-refractivity contribution in [3.63, 3.8) is 0 Å². The Bertz CT molecular complexity index is 350. The zero-order valence-corrected chi connectivity index (χ0v) is 11.8. The van der Waals surface area contributed by atoms with Crippen molar-refractivity contribution in [2.45, 2.75) is 25.0 Å². The van der Waals surface area contributed by atoms with Crippen LogP contribution in [0.3, 0.4) is 0 Å². The monoisotopic (exact) mass is 251 g/mol. The molecule has 2 atom stereocenters. The first-order valence-electron chi connectivity index (χ1n) is 5.90. The minimum Gasteiger partial charge on any atom is -0.348 e. The molecule has 0 bridgehead atoms. The Labute approximate surface area is 108 Å². The van der Waals surface area contributed by atoms with Gasteiger partial charge in [-0.15, -0.1) is 11.8 Å². The van der Waals surface area contributed by atoms with Crippen molar-refractivity contribution in [2.24, 2.45) is 0 Å². The number of hydrogen-bond donors (Lipinski definition) is 0. The Morgan fingerprint density at radius 3 is 2.35 bits per heavy atom. The highest BCUT2D eigenvalue weighted by molar-refractivity contribution is 8.00. The van der Waals surface area contributed by atoms with Crippen LogP contribution in [-0.2, 0) is 4.79 Å². The summed E-state index contributed by atoms with van der Waals surface area (Å²) in [5.74, 6) is 1.65. The van der Waals surface area contributed by atoms with Crippen LogP contribution in [0, 0.1) is 0 Å². The van der Waals surface area contributed by atoms with E-state index in [-0.39, 0.29) is 11.2 Å². The Morgan fingerprint density at radius 1 is 1.24 bits per heavy atom. The van der Waals surface area contributed by atoms with Crippen molar-refractivity contribution in [3.05, 3.63) is 35.9 Å². The van der Waals surface area contributed by atoms with Gasteiger partial charge in [0, 0.05) is 19.8 Å². The second-order valence-corrected chi connectivity index (χ2v) is 5.89. The first-order valence-corrected chi connectivity index (χ1v) is 6.95. The molecule has 0 heterocycles. The summed E-state index contributed by atoms with van der Waals surface area (Å²) in [4.78, 5) is 13.4. The standard InChI is InChI=1S/C14H21NOS/c1-11(13-8-6-5-7-9-13)10-17-12(2)14(16)15(3)4/h5-9,11-12H,10H2,1-4H3/t11-,12-/m0/s1. The van der Waals surface area contributed by atoms with Crippen molar-refractivity contribution in [1.82, 2.24) is 4.90 Å². The summed E-state index contributed by atoms with van der Waals surface area (Å²) in [6.07, 6.45) is 0. The van der Waals surface area contributed by atoms with Crippen LogP contribution in [-0.4, -0.2) is 35.9 Å². The lowest BCUT2D eigenvalue weighted by atomic mass is 10.0. The number of benzene rings is 1. The lowest BCUT2D eigenvalue weighted by molar-refractivity contribution is -0.127. The normalized spacial score (nSPS) is 14.1. The second kappa shape index (κ2) is 6.70. The highest BCUT2D eigenvalue weighted by Gasteiger charge is 2.16. The van der Waals surface area contributed by atoms with Crippen LogP contribution in [0.25, 0.3) is 0 Å². The fraction of sp³-hybridized carbons (Fsp3) is 0.500. The number of nitrogens with zero attached hydrogens (tertiary/aromatic N) is 1. The van der Waals surface area contributed by atoms with Crippen LogP contribution in [0.15, 0.2) is 30.3 Å². The maximum Gasteiger partial charge on any atom is 0.234 e. The summed E-state index contributed by atoms with van der Waals surface area (Å²) in [5.41, 5.74) is 1.34. The molecule has 0 aliphatic carbocycles. The van der Waals surface area contributed by atoms with Crippen molar-refractivity contribution < 1.29 is 4.79 Å². The number of carbonyl (C=O) groups is 1. The van der Waals surface area contributed by atoms with Crippen LogP contribution in [0.5, 0.6) is 0 Å². The van der Waals surface area contributed by atoms with E-state index in [1.54, 1.807) is 30.8 Å². The Balaban J connectivity index is 2.44. The maximum atomic E-state index is 11.7. The van der Waals surface area contributed by atoms with Gasteiger partial charge in [-0.25, -0.2) is 0 Å². The number of rotatable bonds is 5. The first-order chi connectivity index (χ1) is 8.02. The van der Waals surface area contributed by atoms with Gasteiger partial charge in [-0.1, -0.05) is 37.3 Å². The summed E-state index contributed by atoms with van der Waals surface area (Å²) in [7, 11) is 3.61. The lowest BCUT2D eigenvalue weighted by Gasteiger charge is -2.18. The van der Waals surface area contributed by atoms with Crippen LogP contribution in [0.4, 0.5) is 0 Å². The Hall–Kier alpha value is -0.960. The molecule has 0 aliphatic rings. The third-order valence-electron chi connectivity index (χ3n) is 2.75. The van der Waals surface area contributed by atoms with Crippen LogP contribution >= 0.6 is 11.8 Å². The predicted molar refractivity (Wildman–Crippen MR) is 75.5 cm³/mol. The molecule has 0 saturated heterocycles. The molecule has 0 radical (unpaired) electrons. The van der Waals surface area contributed by atoms with Gasteiger partial charge < -0.3 is 4.90 Å². The van der Waals surface area contributed by atoms with Crippen LogP contribution in [0.1, 0.15) is 25.3 Å². The summed E-state index contributed by atoms with van der Waals surface area (Å²) < 4.78 is 0. The van der Waals surface area contributed by atoms with Gasteiger partial charge in [0.1, 0.15) is 0 Å². The molecule has 1 aromatic rings. The van der Waals surface area contributed by atoms with E-state index in [9.17, 15) is 4.79 Å². The van der Waals surface area contributed by atoms with Crippen molar-refractivity contribution in [2.75, 3.05) is 19.8 Å². The smallest absolute Gasteiger partial charge is 0.234 e. The molecule has 1 amide bonds. The number of thioether (sulfide) groups is 1. The average molecular weight is 251 g/mol. The third kappa shape index (κ3) is 4.43. The molecule has 1 rings (SSSR count). The van der Waals surface area contributed by atoms with Crippen LogP contribution < -0.4 is 0 Å². The van der Waals surface area contributed by atoms with E-state index in [1.165, 1.54) is 5.56 Å². The van der Waals surface area contributed by atoms with E-state index in [4.69, 9.17) is 0 Å². The first kappa shape index (κ1) is 14.1. The van der Waals surface area contributed by atoms with E-state index < -0.39 is 0 Å². The van der Waals surface area contributed by atoms with E-state index >= 15 is 0 Å². The van der Waals surface area contributed by atoms with Crippen molar-refractivity contribution in [3.8, 4) is 0 Å². The summed E-state index contributed by atoms with van der Waals surface area (Å²) in [6, 6.07) is 10.4. The highest BCUT2D eigenvalue weighted by Crippen LogP contribution is 2.23. The molecule has 17 heavy (non-hydrogen) atoms. The SMILES string of the molecule is C[C@H](SC[C@H](C)c1ccccc1)C(=O)N(C)C. The van der Waals surface area contributed by atoms with Gasteiger partial charge in [-0.05, 0) is 18.4 Å². The van der Waals surface area contributed by atoms with E-state index in [2.05, 4.69) is 31.2 Å². The number of carbonyl (C=O) groups excluding carboxylic acids is 1. The van der Waals surface area contributed by atoms with Gasteiger partial charge in [-0.2, -0.15) is 0 Å². The maximum absolute atomic E-state index is 11.7. The fourth-order valence-electron chi connectivity index (χ4n) is 1.60. The van der Waals surface area contributed by atoms with Crippen molar-refractivity contribution >= 4 is 17.7 Å². The quantitative estimate of drug-likeness (QED) is 0.802. The van der Waals surface area contributed by atoms with Gasteiger partial charge in [0.25, 0.3) is 0 Å². The van der Waals surface area contributed by atoms with E-state index in [0.29, 0.717) is 5.92 Å². The van der Waals surface area contributed by atoms with Gasteiger partial charge in [0.05, 0.1) is 5.25 Å². The molecule has 0 N–H and O–H groups in total. The third-order valence-corrected chi connectivity index (χ3v) is 4.15. The molecule has 94 valence electrons. The van der Waals surface area contributed by atoms with Crippen LogP contribution in [0.2, 0.25) is 0 Å². The van der Waals surface area contributed by atoms with Gasteiger partial charge in [-0.3, -0.25) is 4.79 Å². The summed E-state index contributed by atoms with van der Waals surface area (Å²) in [6.45, 7) is 4.18. The molecule has 0 fully saturated rings. The molecule has 2 nitrogen and oxygen atoms in total. The molecular formula is C14H21NOS. The van der Waals surface area contributed by atoms with Gasteiger partial charge in [0.15, 0.2) is 0 Å². The van der Waals surface area contributed by atoms with Gasteiger partial charge >= 0.3 is 0 Å². The molecular weight excluding hydrogens is 230 g/mol. The molecule has 0 saturated carbocycles. The zero-order valence-electron chi connectivity index (χ0n) is 11.0. The Morgan fingerprint density at radius 2 is 1.82 bits per heavy atom. The van der Waals surface area contributed by atoms with E-state index in [1.807, 2.05) is 13.0 Å². The molecule has 0 aromatic heterocycles. The minimum absolute atomic E-state index is 0.0381. The molecule has 0 unspecified atom stereocenters. The molecule has 0 aliphatic heterocycles. The molecule has 1 aromatic carbocycles. The number of amides is 1.